The summed E-state index contributed by atoms with van der Waals surface area (Å²) in [5, 5.41) is 7.63. The van der Waals surface area contributed by atoms with E-state index in [1.807, 2.05) is 20.2 Å². The lowest BCUT2D eigenvalue weighted by Crippen LogP contribution is -2.35. The molecule has 0 saturated carbocycles. The van der Waals surface area contributed by atoms with Crippen LogP contribution in [0.4, 0.5) is 0 Å². The number of nitrogens with zero attached hydrogens (tertiary/aromatic N) is 4. The van der Waals surface area contributed by atoms with Crippen molar-refractivity contribution in [3.05, 3.63) is 18.5 Å². The minimum absolute atomic E-state index is 0.806. The molecule has 0 N–H and O–H groups in total. The van der Waals surface area contributed by atoms with E-state index in [0.717, 1.165) is 12.2 Å². The molecular weight excluding hydrogens is 128 g/mol. The number of tetrazole rings is 1. The smallest absolute Gasteiger partial charge is 0.140 e. The van der Waals surface area contributed by atoms with Crippen molar-refractivity contribution in [2.45, 2.75) is 6.42 Å². The molecule has 0 unspecified atom stereocenters. The van der Waals surface area contributed by atoms with Gasteiger partial charge in [0, 0.05) is 0 Å². The van der Waals surface area contributed by atoms with Gasteiger partial charge in [0.25, 0.3) is 5.82 Å². The zero-order chi connectivity index (χ0) is 7.56. The first kappa shape index (κ1) is 6.92. The Kier molecular flexibility index (Phi) is 1.80. The maximum Gasteiger partial charge on any atom is 0.260 e. The fraction of sp³-hybridized carbons (Fsp3) is 0.500. The van der Waals surface area contributed by atoms with Gasteiger partial charge in [-0.2, -0.15) is 0 Å². The normalized spacial score (nSPS) is 9.80. The molecular formula is C6H11N4+. The van der Waals surface area contributed by atoms with Gasteiger partial charge in [-0.15, -0.1) is 11.3 Å². The molecule has 1 rings (SSSR count). The van der Waals surface area contributed by atoms with Crippen LogP contribution in [0.15, 0.2) is 12.7 Å². The summed E-state index contributed by atoms with van der Waals surface area (Å²) in [5.74, 6) is 1.05. The first-order chi connectivity index (χ1) is 4.75. The van der Waals surface area contributed by atoms with Crippen LogP contribution in [0.3, 0.4) is 0 Å². The van der Waals surface area contributed by atoms with Gasteiger partial charge >= 0.3 is 0 Å². The molecule has 0 aliphatic rings. The van der Waals surface area contributed by atoms with Gasteiger partial charge in [0.1, 0.15) is 5.21 Å². The minimum Gasteiger partial charge on any atom is -0.140 e. The van der Waals surface area contributed by atoms with Gasteiger partial charge in [0.05, 0.1) is 20.5 Å². The van der Waals surface area contributed by atoms with Gasteiger partial charge in [-0.05, 0) is 0 Å². The Labute approximate surface area is 59.8 Å². The fourth-order valence-electron chi connectivity index (χ4n) is 0.826. The maximum atomic E-state index is 3.82. The number of hydrogen-bond donors (Lipinski definition) is 0. The molecule has 0 radical (unpaired) electrons. The Morgan fingerprint density at radius 2 is 2.50 bits per heavy atom. The molecule has 4 nitrogen and oxygen atoms in total. The van der Waals surface area contributed by atoms with E-state index in [1.54, 1.807) is 9.36 Å². The van der Waals surface area contributed by atoms with E-state index in [4.69, 9.17) is 0 Å². The number of allylic oxidation sites excluding steroid dienone is 1. The van der Waals surface area contributed by atoms with Crippen LogP contribution in [0, 0.1) is 0 Å². The molecule has 0 aliphatic heterocycles. The molecule has 0 bridgehead atoms. The Morgan fingerprint density at radius 1 is 1.80 bits per heavy atom. The summed E-state index contributed by atoms with van der Waals surface area (Å²) in [7, 11) is 3.73. The predicted octanol–water partition coefficient (Wildman–Crippen LogP) is -0.632. The highest BCUT2D eigenvalue weighted by atomic mass is 15.6. The average Bonchev–Trinajstić information content (AvgIpc) is 2.20. The molecule has 0 spiro atoms. The van der Waals surface area contributed by atoms with Crippen molar-refractivity contribution in [3.63, 3.8) is 0 Å². The second-order valence-electron chi connectivity index (χ2n) is 2.14. The van der Waals surface area contributed by atoms with E-state index in [0.29, 0.717) is 0 Å². The SMILES string of the molecule is C=CCc1n(C)nn[n+]1C. The fourth-order valence-corrected chi connectivity index (χ4v) is 0.826. The van der Waals surface area contributed by atoms with Crippen molar-refractivity contribution in [2.75, 3.05) is 0 Å². The Morgan fingerprint density at radius 3 is 2.90 bits per heavy atom. The third-order valence-electron chi connectivity index (χ3n) is 1.38. The highest BCUT2D eigenvalue weighted by Crippen LogP contribution is 1.86. The largest absolute Gasteiger partial charge is 0.260 e. The van der Waals surface area contributed by atoms with E-state index in [2.05, 4.69) is 17.0 Å². The van der Waals surface area contributed by atoms with Crippen LogP contribution in [0.2, 0.25) is 0 Å². The van der Waals surface area contributed by atoms with Crippen LogP contribution in [0.5, 0.6) is 0 Å². The Balaban J connectivity index is 2.97. The molecule has 1 heterocycles. The number of rotatable bonds is 2. The van der Waals surface area contributed by atoms with E-state index in [1.165, 1.54) is 0 Å². The number of aryl methyl sites for hydroxylation is 2. The highest BCUT2D eigenvalue weighted by Gasteiger charge is 2.10. The molecule has 0 atom stereocenters. The highest BCUT2D eigenvalue weighted by molar-refractivity contribution is 4.83. The molecule has 0 aliphatic carbocycles. The molecule has 0 saturated heterocycles. The zero-order valence-electron chi connectivity index (χ0n) is 6.28. The summed E-state index contributed by atoms with van der Waals surface area (Å²) < 4.78 is 3.48. The minimum atomic E-state index is 0.806. The molecule has 0 fully saturated rings. The van der Waals surface area contributed by atoms with Crippen LogP contribution in [0.25, 0.3) is 0 Å². The molecule has 10 heavy (non-hydrogen) atoms. The van der Waals surface area contributed by atoms with Gasteiger partial charge in [0.2, 0.25) is 0 Å². The maximum absolute atomic E-state index is 3.82. The third-order valence-corrected chi connectivity index (χ3v) is 1.38. The lowest BCUT2D eigenvalue weighted by Gasteiger charge is -1.87. The summed E-state index contributed by atoms with van der Waals surface area (Å²) in [4.78, 5) is 0. The van der Waals surface area contributed by atoms with Gasteiger partial charge < -0.3 is 0 Å². The summed E-state index contributed by atoms with van der Waals surface area (Å²) in [6.45, 7) is 3.64. The van der Waals surface area contributed by atoms with Gasteiger partial charge in [0.15, 0.2) is 5.21 Å². The summed E-state index contributed by atoms with van der Waals surface area (Å²) in [6, 6.07) is 0. The van der Waals surface area contributed by atoms with Gasteiger partial charge in [-0.3, -0.25) is 0 Å². The summed E-state index contributed by atoms with van der Waals surface area (Å²) in [6.07, 6.45) is 2.64. The molecule has 1 aromatic heterocycles. The Bertz CT molecular complexity index is 218. The van der Waals surface area contributed by atoms with E-state index in [9.17, 15) is 0 Å². The second-order valence-corrected chi connectivity index (χ2v) is 2.14. The van der Waals surface area contributed by atoms with Crippen LogP contribution < -0.4 is 4.68 Å². The van der Waals surface area contributed by atoms with Gasteiger partial charge in [-0.25, -0.2) is 0 Å². The van der Waals surface area contributed by atoms with Crippen LogP contribution in [-0.4, -0.2) is 15.1 Å². The first-order valence-electron chi connectivity index (χ1n) is 3.11. The van der Waals surface area contributed by atoms with Crippen molar-refractivity contribution in [2.24, 2.45) is 14.1 Å². The van der Waals surface area contributed by atoms with E-state index >= 15 is 0 Å². The molecule has 54 valence electrons. The van der Waals surface area contributed by atoms with Crippen LogP contribution in [-0.2, 0) is 20.5 Å². The summed E-state index contributed by atoms with van der Waals surface area (Å²) in [5.41, 5.74) is 0. The van der Waals surface area contributed by atoms with Crippen LogP contribution in [0.1, 0.15) is 5.82 Å². The van der Waals surface area contributed by atoms with Gasteiger partial charge in [-0.1, -0.05) is 10.8 Å². The van der Waals surface area contributed by atoms with E-state index in [-0.39, 0.29) is 0 Å². The first-order valence-corrected chi connectivity index (χ1v) is 3.11. The number of hydrogen-bond acceptors (Lipinski definition) is 2. The Hall–Kier alpha value is -1.19. The van der Waals surface area contributed by atoms with Crippen molar-refractivity contribution in [1.29, 1.82) is 0 Å². The molecule has 4 heteroatoms. The van der Waals surface area contributed by atoms with Crippen molar-refractivity contribution in [1.82, 2.24) is 15.1 Å². The van der Waals surface area contributed by atoms with E-state index < -0.39 is 0 Å². The van der Waals surface area contributed by atoms with Crippen molar-refractivity contribution in [3.8, 4) is 0 Å². The van der Waals surface area contributed by atoms with Crippen molar-refractivity contribution < 1.29 is 4.68 Å². The quantitative estimate of drug-likeness (QED) is 0.404. The molecule has 0 amide bonds. The number of aromatic nitrogens is 4. The van der Waals surface area contributed by atoms with Crippen molar-refractivity contribution >= 4 is 0 Å². The standard InChI is InChI=1S/C6H11N4/c1-4-5-6-9(2)7-8-10(6)3/h4H,1,5H2,2-3H3/q+1. The van der Waals surface area contributed by atoms with Crippen LogP contribution >= 0.6 is 0 Å². The lowest BCUT2D eigenvalue weighted by molar-refractivity contribution is -0.738. The molecule has 0 aromatic carbocycles. The third kappa shape index (κ3) is 1.05. The topological polar surface area (TPSA) is 34.6 Å². The summed E-state index contributed by atoms with van der Waals surface area (Å²) >= 11 is 0. The monoisotopic (exact) mass is 139 g/mol. The predicted molar refractivity (Wildman–Crippen MR) is 36.1 cm³/mol. The zero-order valence-corrected chi connectivity index (χ0v) is 6.28. The lowest BCUT2D eigenvalue weighted by atomic mass is 10.4. The molecule has 1 aromatic rings. The average molecular weight is 139 g/mol. The second kappa shape index (κ2) is 2.60.